The van der Waals surface area contributed by atoms with Crippen molar-refractivity contribution in [1.82, 2.24) is 13.8 Å². The van der Waals surface area contributed by atoms with Crippen LogP contribution in [0.3, 0.4) is 0 Å². The molecule has 3 heterocycles. The zero-order chi connectivity index (χ0) is 16.6. The number of aromatic nitrogens is 1. The first-order chi connectivity index (χ1) is 11.0. The molecule has 0 aromatic carbocycles. The first-order valence-corrected chi connectivity index (χ1v) is 10.5. The van der Waals surface area contributed by atoms with Crippen LogP contribution in [0.4, 0.5) is 0 Å². The van der Waals surface area contributed by atoms with Crippen LogP contribution in [-0.4, -0.2) is 50.3 Å². The molecule has 8 heteroatoms. The molecule has 0 saturated carbocycles. The highest BCUT2D eigenvalue weighted by Gasteiger charge is 2.24. The number of piperazine rings is 1. The monoisotopic (exact) mass is 417 g/mol. The van der Waals surface area contributed by atoms with E-state index in [9.17, 15) is 9.35 Å². The number of hydrogen-bond donors (Lipinski definition) is 0. The van der Waals surface area contributed by atoms with E-state index < -0.39 is 11.4 Å². The first-order valence-electron chi connectivity index (χ1n) is 7.63. The van der Waals surface area contributed by atoms with Crippen LogP contribution in [-0.2, 0) is 25.0 Å². The van der Waals surface area contributed by atoms with Gasteiger partial charge in [-0.05, 0) is 28.9 Å². The minimum atomic E-state index is -0.837. The number of hydrogen-bond acceptors (Lipinski definition) is 5. The van der Waals surface area contributed by atoms with Crippen LogP contribution < -0.4 is 5.56 Å². The number of rotatable bonds is 4. The summed E-state index contributed by atoms with van der Waals surface area (Å²) in [5.74, 6) is 0.688. The van der Waals surface area contributed by atoms with Crippen LogP contribution in [0.5, 0.6) is 0 Å². The Morgan fingerprint density at radius 3 is 2.70 bits per heavy atom. The predicted octanol–water partition coefficient (Wildman–Crippen LogP) is 2.16. The van der Waals surface area contributed by atoms with Crippen LogP contribution in [0.15, 0.2) is 21.5 Å². The Hall–Kier alpha value is -0.380. The minimum absolute atomic E-state index is 0.0499. The van der Waals surface area contributed by atoms with Crippen LogP contribution in [0.2, 0.25) is 0 Å². The van der Waals surface area contributed by atoms with Crippen molar-refractivity contribution < 1.29 is 4.55 Å². The lowest BCUT2D eigenvalue weighted by Crippen LogP contribution is -2.48. The molecule has 0 bridgehead atoms. The van der Waals surface area contributed by atoms with Gasteiger partial charge in [0, 0.05) is 49.1 Å². The van der Waals surface area contributed by atoms with Gasteiger partial charge in [0.05, 0.1) is 27.6 Å². The third-order valence-corrected chi connectivity index (χ3v) is 7.56. The number of aryl methyl sites for hydroxylation is 1. The molecule has 3 rings (SSSR count). The van der Waals surface area contributed by atoms with Gasteiger partial charge in [0.15, 0.2) is 0 Å². The topological polar surface area (TPSA) is 51.5 Å². The quantitative estimate of drug-likeness (QED) is 0.715. The van der Waals surface area contributed by atoms with Crippen molar-refractivity contribution >= 4 is 48.7 Å². The Morgan fingerprint density at radius 2 is 2.04 bits per heavy atom. The normalized spacial score (nSPS) is 18.6. The molecule has 0 amide bonds. The highest BCUT2D eigenvalue weighted by molar-refractivity contribution is 9.10. The Kier molecular flexibility index (Phi) is 5.49. The average molecular weight is 418 g/mol. The summed E-state index contributed by atoms with van der Waals surface area (Å²) in [6.07, 6.45) is 1.82. The molecule has 1 fully saturated rings. The second kappa shape index (κ2) is 7.25. The van der Waals surface area contributed by atoms with Gasteiger partial charge >= 0.3 is 0 Å². The average Bonchev–Trinajstić information content (AvgIpc) is 2.97. The van der Waals surface area contributed by atoms with E-state index in [0.717, 1.165) is 47.3 Å². The lowest BCUT2D eigenvalue weighted by Gasteiger charge is -2.33. The Bertz CT molecular complexity index is 753. The minimum Gasteiger partial charge on any atom is -0.598 e. The lowest BCUT2D eigenvalue weighted by atomic mass is 10.3. The molecule has 23 heavy (non-hydrogen) atoms. The van der Waals surface area contributed by atoms with Gasteiger partial charge in [-0.2, -0.15) is 0 Å². The van der Waals surface area contributed by atoms with Crippen molar-refractivity contribution in [1.29, 1.82) is 0 Å². The Labute approximate surface area is 151 Å². The molecule has 126 valence electrons. The summed E-state index contributed by atoms with van der Waals surface area (Å²) in [4.78, 5) is 15.8. The smallest absolute Gasteiger partial charge is 0.259 e. The largest absolute Gasteiger partial charge is 0.598 e. The molecule has 0 spiro atoms. The molecule has 5 nitrogen and oxygen atoms in total. The summed E-state index contributed by atoms with van der Waals surface area (Å²) in [5.41, 5.74) is 0.0499. The van der Waals surface area contributed by atoms with E-state index in [4.69, 9.17) is 0 Å². The number of thiophene rings is 1. The summed E-state index contributed by atoms with van der Waals surface area (Å²) in [5, 5.41) is 0.785. The van der Waals surface area contributed by atoms with E-state index in [0.29, 0.717) is 5.75 Å². The van der Waals surface area contributed by atoms with E-state index in [1.807, 2.05) is 23.5 Å². The maximum atomic E-state index is 12.2. The number of pyridine rings is 1. The summed E-state index contributed by atoms with van der Waals surface area (Å²) >= 11 is 4.39. The molecular formula is C15H20BrN3O2S2. The van der Waals surface area contributed by atoms with Crippen molar-refractivity contribution in [3.63, 3.8) is 0 Å². The maximum absolute atomic E-state index is 12.2. The molecule has 1 atom stereocenters. The van der Waals surface area contributed by atoms with Gasteiger partial charge in [-0.25, -0.2) is 0 Å². The van der Waals surface area contributed by atoms with Gasteiger partial charge in [0.1, 0.15) is 5.75 Å². The number of halogens is 1. The van der Waals surface area contributed by atoms with Gasteiger partial charge in [-0.1, -0.05) is 0 Å². The van der Waals surface area contributed by atoms with Crippen LogP contribution >= 0.6 is 27.3 Å². The molecule has 0 N–H and O–H groups in total. The molecule has 1 aliphatic heterocycles. The van der Waals surface area contributed by atoms with Crippen molar-refractivity contribution in [2.24, 2.45) is 7.05 Å². The van der Waals surface area contributed by atoms with Gasteiger partial charge in [-0.15, -0.1) is 15.6 Å². The zero-order valence-electron chi connectivity index (χ0n) is 13.2. The van der Waals surface area contributed by atoms with E-state index in [2.05, 4.69) is 20.8 Å². The maximum Gasteiger partial charge on any atom is 0.259 e. The summed E-state index contributed by atoms with van der Waals surface area (Å²) in [6, 6.07) is 2.02. The molecule has 1 saturated heterocycles. The highest BCUT2D eigenvalue weighted by atomic mass is 79.9. The Balaban J connectivity index is 1.72. The van der Waals surface area contributed by atoms with E-state index >= 15 is 0 Å². The molecule has 1 unspecified atom stereocenters. The second-order valence-electron chi connectivity index (χ2n) is 5.66. The summed E-state index contributed by atoms with van der Waals surface area (Å²) < 4.78 is 17.5. The standard InChI is InChI=1S/C15H20BrN3O2S2/c1-3-23(21)19-6-4-18(5-7-19)9-11-8-12-14(22-11)13(16)10-17(2)15(12)20/h8,10H,3-7,9H2,1-2H3. The fourth-order valence-corrected chi connectivity index (χ4v) is 5.62. The van der Waals surface area contributed by atoms with Crippen LogP contribution in [0, 0.1) is 0 Å². The van der Waals surface area contributed by atoms with E-state index in [-0.39, 0.29) is 5.56 Å². The van der Waals surface area contributed by atoms with Gasteiger partial charge in [-0.3, -0.25) is 9.69 Å². The predicted molar refractivity (Wildman–Crippen MR) is 100 cm³/mol. The van der Waals surface area contributed by atoms with Crippen molar-refractivity contribution in [3.8, 4) is 0 Å². The zero-order valence-corrected chi connectivity index (χ0v) is 16.5. The third kappa shape index (κ3) is 3.67. The van der Waals surface area contributed by atoms with Gasteiger partial charge in [0.2, 0.25) is 0 Å². The molecule has 2 aromatic heterocycles. The molecule has 2 aromatic rings. The van der Waals surface area contributed by atoms with Crippen LogP contribution in [0.25, 0.3) is 10.1 Å². The Morgan fingerprint density at radius 1 is 1.35 bits per heavy atom. The second-order valence-corrected chi connectivity index (χ2v) is 9.39. The molecule has 1 aliphatic rings. The van der Waals surface area contributed by atoms with Crippen LogP contribution in [0.1, 0.15) is 11.8 Å². The van der Waals surface area contributed by atoms with Crippen molar-refractivity contribution in [2.45, 2.75) is 13.5 Å². The summed E-state index contributed by atoms with van der Waals surface area (Å²) in [6.45, 7) is 6.32. The fourth-order valence-electron chi connectivity index (χ4n) is 2.83. The number of fused-ring (bicyclic) bond motifs is 1. The fraction of sp³-hybridized carbons (Fsp3) is 0.533. The van der Waals surface area contributed by atoms with Gasteiger partial charge in [0.25, 0.3) is 5.56 Å². The van der Waals surface area contributed by atoms with Crippen molar-refractivity contribution in [2.75, 3.05) is 31.9 Å². The molecule has 0 aliphatic carbocycles. The summed E-state index contributed by atoms with van der Waals surface area (Å²) in [7, 11) is 1.77. The highest BCUT2D eigenvalue weighted by Crippen LogP contribution is 2.30. The molecular weight excluding hydrogens is 398 g/mol. The first kappa shape index (κ1) is 17.4. The lowest BCUT2D eigenvalue weighted by molar-refractivity contribution is 0.183. The van der Waals surface area contributed by atoms with Crippen molar-refractivity contribution in [3.05, 3.63) is 32.0 Å². The third-order valence-electron chi connectivity index (χ3n) is 4.10. The SMILES string of the molecule is CC[S+]([O-])N1CCN(Cc2cc3c(=O)n(C)cc(Br)c3s2)CC1. The van der Waals surface area contributed by atoms with E-state index in [1.54, 1.807) is 23.0 Å². The number of nitrogens with zero attached hydrogens (tertiary/aromatic N) is 3. The van der Waals surface area contributed by atoms with Gasteiger partial charge < -0.3 is 9.12 Å². The van der Waals surface area contributed by atoms with E-state index in [1.165, 1.54) is 4.88 Å². The molecule has 0 radical (unpaired) electrons.